The molecule has 1 aliphatic carbocycles. The Labute approximate surface area is 108 Å². The first-order valence-electron chi connectivity index (χ1n) is 6.60. The smallest absolute Gasteiger partial charge is 0.0832 e. The Morgan fingerprint density at radius 2 is 2.06 bits per heavy atom. The number of hydrogen-bond acceptors (Lipinski definition) is 3. The molecule has 2 N–H and O–H groups in total. The zero-order valence-electron chi connectivity index (χ0n) is 10.7. The van der Waals surface area contributed by atoms with E-state index < -0.39 is 0 Å². The summed E-state index contributed by atoms with van der Waals surface area (Å²) < 4.78 is 5.85. The maximum atomic E-state index is 6.44. The molecule has 1 unspecified atom stereocenters. The van der Waals surface area contributed by atoms with Crippen molar-refractivity contribution in [2.24, 2.45) is 5.73 Å². The lowest BCUT2D eigenvalue weighted by molar-refractivity contribution is -0.0428. The Kier molecular flexibility index (Phi) is 4.60. The number of rotatable bonds is 4. The summed E-state index contributed by atoms with van der Waals surface area (Å²) in [6, 6.07) is 4.40. The second-order valence-corrected chi connectivity index (χ2v) is 6.11. The van der Waals surface area contributed by atoms with Gasteiger partial charge in [-0.3, -0.25) is 0 Å². The Morgan fingerprint density at radius 1 is 1.35 bits per heavy atom. The van der Waals surface area contributed by atoms with E-state index in [2.05, 4.69) is 17.5 Å². The molecule has 0 bridgehead atoms. The van der Waals surface area contributed by atoms with E-state index in [0.29, 0.717) is 0 Å². The molecular formula is C14H23NOS. The highest BCUT2D eigenvalue weighted by atomic mass is 32.1. The molecular weight excluding hydrogens is 230 g/mol. The van der Waals surface area contributed by atoms with E-state index in [-0.39, 0.29) is 11.6 Å². The molecule has 0 spiro atoms. The van der Waals surface area contributed by atoms with E-state index in [4.69, 9.17) is 10.5 Å². The predicted octanol–water partition coefficient (Wildman–Crippen LogP) is 3.36. The molecule has 17 heavy (non-hydrogen) atoms. The molecule has 0 aromatic carbocycles. The van der Waals surface area contributed by atoms with Gasteiger partial charge >= 0.3 is 0 Å². The summed E-state index contributed by atoms with van der Waals surface area (Å²) >= 11 is 1.79. The van der Waals surface area contributed by atoms with E-state index in [0.717, 1.165) is 19.3 Å². The molecule has 1 heterocycles. The van der Waals surface area contributed by atoms with Crippen molar-refractivity contribution in [1.29, 1.82) is 0 Å². The number of ether oxygens (including phenoxy) is 1. The maximum absolute atomic E-state index is 6.44. The molecule has 1 aliphatic rings. The zero-order chi connectivity index (χ0) is 12.1. The van der Waals surface area contributed by atoms with Crippen molar-refractivity contribution < 1.29 is 4.74 Å². The van der Waals surface area contributed by atoms with Crippen LogP contribution in [-0.4, -0.2) is 18.8 Å². The molecule has 0 aliphatic heterocycles. The highest BCUT2D eigenvalue weighted by Crippen LogP contribution is 2.33. The van der Waals surface area contributed by atoms with Gasteiger partial charge in [-0.2, -0.15) is 0 Å². The van der Waals surface area contributed by atoms with Crippen molar-refractivity contribution in [3.8, 4) is 0 Å². The SMILES string of the molecule is COC1(C(N)Cc2cccs2)CCCCCC1. The van der Waals surface area contributed by atoms with E-state index >= 15 is 0 Å². The van der Waals surface area contributed by atoms with Crippen LogP contribution in [0.1, 0.15) is 43.4 Å². The van der Waals surface area contributed by atoms with Crippen molar-refractivity contribution in [1.82, 2.24) is 0 Å². The lowest BCUT2D eigenvalue weighted by Gasteiger charge is -2.37. The monoisotopic (exact) mass is 253 g/mol. The van der Waals surface area contributed by atoms with Gasteiger partial charge < -0.3 is 10.5 Å². The summed E-state index contributed by atoms with van der Waals surface area (Å²) in [6.45, 7) is 0. The Balaban J connectivity index is 2.04. The molecule has 2 rings (SSSR count). The molecule has 1 saturated carbocycles. The zero-order valence-corrected chi connectivity index (χ0v) is 11.5. The summed E-state index contributed by atoms with van der Waals surface area (Å²) in [6.07, 6.45) is 8.36. The Bertz CT molecular complexity index is 315. The summed E-state index contributed by atoms with van der Waals surface area (Å²) in [4.78, 5) is 1.37. The van der Waals surface area contributed by atoms with Crippen LogP contribution in [0.25, 0.3) is 0 Å². The van der Waals surface area contributed by atoms with Gasteiger partial charge in [0.15, 0.2) is 0 Å². The Morgan fingerprint density at radius 3 is 2.59 bits per heavy atom. The van der Waals surface area contributed by atoms with Gasteiger partial charge in [-0.1, -0.05) is 31.7 Å². The number of methoxy groups -OCH3 is 1. The molecule has 0 amide bonds. The van der Waals surface area contributed by atoms with Crippen LogP contribution in [0.3, 0.4) is 0 Å². The van der Waals surface area contributed by atoms with E-state index in [1.54, 1.807) is 11.3 Å². The number of hydrogen-bond donors (Lipinski definition) is 1. The van der Waals surface area contributed by atoms with Gasteiger partial charge in [0.2, 0.25) is 0 Å². The van der Waals surface area contributed by atoms with Gasteiger partial charge in [0, 0.05) is 18.0 Å². The minimum absolute atomic E-state index is 0.0828. The quantitative estimate of drug-likeness (QED) is 0.835. The van der Waals surface area contributed by atoms with Crippen molar-refractivity contribution >= 4 is 11.3 Å². The molecule has 1 aromatic rings. The molecule has 96 valence electrons. The second-order valence-electron chi connectivity index (χ2n) is 5.07. The summed E-state index contributed by atoms with van der Waals surface area (Å²) in [7, 11) is 1.83. The van der Waals surface area contributed by atoms with Crippen LogP contribution in [-0.2, 0) is 11.2 Å². The maximum Gasteiger partial charge on any atom is 0.0832 e. The standard InChI is InChI=1S/C14H23NOS/c1-16-14(8-4-2-3-5-9-14)13(15)11-12-7-6-10-17-12/h6-7,10,13H,2-5,8-9,11,15H2,1H3. The largest absolute Gasteiger partial charge is 0.377 e. The first-order valence-corrected chi connectivity index (χ1v) is 7.48. The highest BCUT2D eigenvalue weighted by molar-refractivity contribution is 7.09. The second kappa shape index (κ2) is 5.98. The topological polar surface area (TPSA) is 35.2 Å². The van der Waals surface area contributed by atoms with Crippen molar-refractivity contribution in [2.75, 3.05) is 7.11 Å². The van der Waals surface area contributed by atoms with Gasteiger partial charge in [-0.15, -0.1) is 11.3 Å². The minimum Gasteiger partial charge on any atom is -0.377 e. The summed E-state index contributed by atoms with van der Waals surface area (Å²) in [5.41, 5.74) is 6.35. The average molecular weight is 253 g/mol. The fraction of sp³-hybridized carbons (Fsp3) is 0.714. The van der Waals surface area contributed by atoms with Crippen LogP contribution in [0.4, 0.5) is 0 Å². The van der Waals surface area contributed by atoms with E-state index in [9.17, 15) is 0 Å². The average Bonchev–Trinajstić information content (AvgIpc) is 2.72. The minimum atomic E-state index is -0.0828. The third-order valence-corrected chi connectivity index (χ3v) is 4.93. The number of nitrogens with two attached hydrogens (primary N) is 1. The van der Waals surface area contributed by atoms with Gasteiger partial charge in [0.1, 0.15) is 0 Å². The van der Waals surface area contributed by atoms with Crippen LogP contribution < -0.4 is 5.73 Å². The van der Waals surface area contributed by atoms with Crippen LogP contribution in [0.2, 0.25) is 0 Å². The normalized spacial score (nSPS) is 22.0. The van der Waals surface area contributed by atoms with Gasteiger partial charge in [0.25, 0.3) is 0 Å². The molecule has 1 fully saturated rings. The summed E-state index contributed by atoms with van der Waals surface area (Å²) in [5.74, 6) is 0. The Hall–Kier alpha value is -0.380. The predicted molar refractivity (Wildman–Crippen MR) is 73.4 cm³/mol. The van der Waals surface area contributed by atoms with Crippen molar-refractivity contribution in [2.45, 2.75) is 56.6 Å². The van der Waals surface area contributed by atoms with Crippen LogP contribution in [0.5, 0.6) is 0 Å². The van der Waals surface area contributed by atoms with E-state index in [1.165, 1.54) is 30.6 Å². The third-order valence-electron chi connectivity index (χ3n) is 4.03. The van der Waals surface area contributed by atoms with Crippen LogP contribution in [0, 0.1) is 0 Å². The van der Waals surface area contributed by atoms with Crippen LogP contribution in [0.15, 0.2) is 17.5 Å². The summed E-state index contributed by atoms with van der Waals surface area (Å²) in [5, 5.41) is 2.12. The number of thiophene rings is 1. The lowest BCUT2D eigenvalue weighted by Crippen LogP contribution is -2.50. The first kappa shape index (κ1) is 13.1. The van der Waals surface area contributed by atoms with Crippen molar-refractivity contribution in [3.63, 3.8) is 0 Å². The fourth-order valence-electron chi connectivity index (χ4n) is 2.88. The molecule has 0 radical (unpaired) electrons. The van der Waals surface area contributed by atoms with Crippen molar-refractivity contribution in [3.05, 3.63) is 22.4 Å². The molecule has 3 heteroatoms. The highest BCUT2D eigenvalue weighted by Gasteiger charge is 2.37. The van der Waals surface area contributed by atoms with E-state index in [1.807, 2.05) is 7.11 Å². The molecule has 1 aromatic heterocycles. The fourth-order valence-corrected chi connectivity index (χ4v) is 3.65. The van der Waals surface area contributed by atoms with Gasteiger partial charge in [0.05, 0.1) is 5.60 Å². The molecule has 0 saturated heterocycles. The van der Waals surface area contributed by atoms with Gasteiger partial charge in [-0.05, 0) is 30.7 Å². The molecule has 2 nitrogen and oxygen atoms in total. The lowest BCUT2D eigenvalue weighted by atomic mass is 9.84. The first-order chi connectivity index (χ1) is 8.27. The van der Waals surface area contributed by atoms with Crippen LogP contribution >= 0.6 is 11.3 Å². The third kappa shape index (κ3) is 3.09. The molecule has 1 atom stereocenters. The van der Waals surface area contributed by atoms with Gasteiger partial charge in [-0.25, -0.2) is 0 Å².